The molecule has 0 amide bonds. The summed E-state index contributed by atoms with van der Waals surface area (Å²) < 4.78 is 40.6. The van der Waals surface area contributed by atoms with Crippen LogP contribution in [0.15, 0.2) is 58.6 Å². The zero-order valence-corrected chi connectivity index (χ0v) is 21.3. The van der Waals surface area contributed by atoms with Gasteiger partial charge in [0.1, 0.15) is 5.75 Å². The van der Waals surface area contributed by atoms with Crippen LogP contribution in [0.3, 0.4) is 0 Å². The Morgan fingerprint density at radius 2 is 1.88 bits per heavy atom. The summed E-state index contributed by atoms with van der Waals surface area (Å²) in [5.74, 6) is 2.21. The second-order valence-corrected chi connectivity index (χ2v) is 11.0. The normalized spacial score (nSPS) is 15.9. The van der Waals surface area contributed by atoms with Crippen LogP contribution in [-0.2, 0) is 20.5 Å². The van der Waals surface area contributed by atoms with Crippen molar-refractivity contribution in [2.24, 2.45) is 0 Å². The molecule has 0 bridgehead atoms. The van der Waals surface area contributed by atoms with E-state index < -0.39 is 10.0 Å². The van der Waals surface area contributed by atoms with Crippen molar-refractivity contribution in [1.82, 2.24) is 19.1 Å². The first-order chi connectivity index (χ1) is 16.4. The topological polar surface area (TPSA) is 86.5 Å². The molecule has 1 aliphatic rings. The number of thioether (sulfide) groups is 1. The quantitative estimate of drug-likeness (QED) is 0.405. The molecule has 1 aromatic heterocycles. The molecule has 182 valence electrons. The monoisotopic (exact) mass is 502 g/mol. The Hall–Kier alpha value is -2.40. The van der Waals surface area contributed by atoms with Gasteiger partial charge in [-0.25, -0.2) is 8.42 Å². The summed E-state index contributed by atoms with van der Waals surface area (Å²) in [4.78, 5) is 0.260. The van der Waals surface area contributed by atoms with Gasteiger partial charge in [-0.1, -0.05) is 43.0 Å². The maximum Gasteiger partial charge on any atom is 0.243 e. The minimum Gasteiger partial charge on any atom is -0.497 e. The van der Waals surface area contributed by atoms with Crippen LogP contribution in [0.2, 0.25) is 0 Å². The van der Waals surface area contributed by atoms with Gasteiger partial charge >= 0.3 is 0 Å². The number of hydrogen-bond acceptors (Lipinski definition) is 7. The third kappa shape index (κ3) is 5.30. The van der Waals surface area contributed by atoms with Gasteiger partial charge in [-0.2, -0.15) is 4.31 Å². The Bertz CT molecular complexity index is 1220. The molecule has 1 atom stereocenters. The SMILES string of the molecule is CC[C@H](C)n1c(SCc2cccc(OC)c2)nnc1-c1cccc(S(=O)(=O)N2CCOCC2)c1. The summed E-state index contributed by atoms with van der Waals surface area (Å²) in [7, 11) is -1.94. The average molecular weight is 503 g/mol. The summed E-state index contributed by atoms with van der Waals surface area (Å²) in [5, 5.41) is 9.74. The highest BCUT2D eigenvalue weighted by Crippen LogP contribution is 2.32. The largest absolute Gasteiger partial charge is 0.497 e. The first kappa shape index (κ1) is 24.7. The number of morpholine rings is 1. The van der Waals surface area contributed by atoms with Crippen LogP contribution in [0.1, 0.15) is 31.9 Å². The second kappa shape index (κ2) is 10.9. The lowest BCUT2D eigenvalue weighted by molar-refractivity contribution is 0.0730. The lowest BCUT2D eigenvalue weighted by Crippen LogP contribution is -2.40. The second-order valence-electron chi connectivity index (χ2n) is 8.12. The molecular formula is C24H30N4O4S2. The first-order valence-corrected chi connectivity index (χ1v) is 13.8. The Kier molecular flexibility index (Phi) is 7.92. The van der Waals surface area contributed by atoms with E-state index in [1.54, 1.807) is 37.1 Å². The maximum absolute atomic E-state index is 13.2. The fourth-order valence-corrected chi connectivity index (χ4v) is 6.23. The minimum absolute atomic E-state index is 0.150. The van der Waals surface area contributed by atoms with Crippen LogP contribution in [0.5, 0.6) is 5.75 Å². The highest BCUT2D eigenvalue weighted by molar-refractivity contribution is 7.98. The zero-order valence-electron chi connectivity index (χ0n) is 19.7. The van der Waals surface area contributed by atoms with Crippen LogP contribution in [0.4, 0.5) is 0 Å². The number of nitrogens with zero attached hydrogens (tertiary/aromatic N) is 4. The fourth-order valence-electron chi connectivity index (χ4n) is 3.79. The molecule has 2 heterocycles. The Morgan fingerprint density at radius 3 is 2.62 bits per heavy atom. The van der Waals surface area contributed by atoms with E-state index in [2.05, 4.69) is 34.7 Å². The van der Waals surface area contributed by atoms with Gasteiger partial charge in [0.25, 0.3) is 0 Å². The highest BCUT2D eigenvalue weighted by Gasteiger charge is 2.27. The van der Waals surface area contributed by atoms with Gasteiger partial charge in [0.2, 0.25) is 10.0 Å². The number of hydrogen-bond donors (Lipinski definition) is 0. The molecule has 1 saturated heterocycles. The maximum atomic E-state index is 13.2. The predicted octanol–water partition coefficient (Wildman–Crippen LogP) is 4.24. The Morgan fingerprint density at radius 1 is 1.12 bits per heavy atom. The van der Waals surface area contributed by atoms with Crippen molar-refractivity contribution >= 4 is 21.8 Å². The first-order valence-electron chi connectivity index (χ1n) is 11.3. The summed E-state index contributed by atoms with van der Waals surface area (Å²) in [6.07, 6.45) is 0.892. The van der Waals surface area contributed by atoms with Gasteiger partial charge in [-0.3, -0.25) is 4.57 Å². The van der Waals surface area contributed by atoms with Crippen LogP contribution < -0.4 is 4.74 Å². The van der Waals surface area contributed by atoms with E-state index in [0.29, 0.717) is 32.1 Å². The number of aromatic nitrogens is 3. The molecule has 4 rings (SSSR count). The molecule has 1 fully saturated rings. The third-order valence-electron chi connectivity index (χ3n) is 5.90. The molecule has 10 heteroatoms. The number of ether oxygens (including phenoxy) is 2. The molecule has 0 unspecified atom stereocenters. The smallest absolute Gasteiger partial charge is 0.243 e. The van der Waals surface area contributed by atoms with Crippen LogP contribution in [0, 0.1) is 0 Å². The molecule has 2 aromatic carbocycles. The number of methoxy groups -OCH3 is 1. The molecular weight excluding hydrogens is 472 g/mol. The molecule has 0 aliphatic carbocycles. The standard InChI is InChI=1S/C24H30N4O4S2/c1-4-18(2)28-23(25-26-24(28)33-17-19-7-5-9-21(15-19)31-3)20-8-6-10-22(16-20)34(29,30)27-11-13-32-14-12-27/h5-10,15-16,18H,4,11-14,17H2,1-3H3/t18-/m0/s1. The van der Waals surface area contributed by atoms with E-state index in [0.717, 1.165) is 34.2 Å². The lowest BCUT2D eigenvalue weighted by Gasteiger charge is -2.26. The zero-order chi connectivity index (χ0) is 24.1. The van der Waals surface area contributed by atoms with Crippen molar-refractivity contribution in [1.29, 1.82) is 0 Å². The van der Waals surface area contributed by atoms with Crippen LogP contribution >= 0.6 is 11.8 Å². The van der Waals surface area contributed by atoms with Gasteiger partial charge in [-0.15, -0.1) is 10.2 Å². The minimum atomic E-state index is -3.60. The highest BCUT2D eigenvalue weighted by atomic mass is 32.2. The number of rotatable bonds is 9. The van der Waals surface area contributed by atoms with E-state index in [9.17, 15) is 8.42 Å². The molecule has 0 spiro atoms. The molecule has 0 radical (unpaired) electrons. The molecule has 0 saturated carbocycles. The van der Waals surface area contributed by atoms with Crippen molar-refractivity contribution in [3.63, 3.8) is 0 Å². The van der Waals surface area contributed by atoms with Crippen molar-refractivity contribution in [2.75, 3.05) is 33.4 Å². The molecule has 8 nitrogen and oxygen atoms in total. The van der Waals surface area contributed by atoms with E-state index in [4.69, 9.17) is 9.47 Å². The van der Waals surface area contributed by atoms with Gasteiger partial charge in [0, 0.05) is 30.4 Å². The molecule has 1 aliphatic heterocycles. The predicted molar refractivity (Wildman–Crippen MR) is 133 cm³/mol. The summed E-state index contributed by atoms with van der Waals surface area (Å²) in [6, 6.07) is 15.1. The van der Waals surface area contributed by atoms with E-state index >= 15 is 0 Å². The average Bonchev–Trinajstić information content (AvgIpc) is 3.31. The number of benzene rings is 2. The lowest BCUT2D eigenvalue weighted by atomic mass is 10.2. The third-order valence-corrected chi connectivity index (χ3v) is 8.81. The van der Waals surface area contributed by atoms with Gasteiger partial charge in [0.15, 0.2) is 11.0 Å². The van der Waals surface area contributed by atoms with Crippen molar-refractivity contribution in [3.05, 3.63) is 54.1 Å². The molecule has 3 aromatic rings. The van der Waals surface area contributed by atoms with E-state index in [1.165, 1.54) is 4.31 Å². The van der Waals surface area contributed by atoms with Crippen molar-refractivity contribution < 1.29 is 17.9 Å². The Balaban J connectivity index is 1.64. The van der Waals surface area contributed by atoms with Gasteiger partial charge < -0.3 is 9.47 Å². The van der Waals surface area contributed by atoms with Gasteiger partial charge in [0.05, 0.1) is 25.2 Å². The molecule has 34 heavy (non-hydrogen) atoms. The van der Waals surface area contributed by atoms with Crippen molar-refractivity contribution in [2.45, 2.75) is 42.1 Å². The fraction of sp³-hybridized carbons (Fsp3) is 0.417. The van der Waals surface area contributed by atoms with Crippen LogP contribution in [0.25, 0.3) is 11.4 Å². The summed E-state index contributed by atoms with van der Waals surface area (Å²) >= 11 is 1.60. The Labute approximate surface area is 205 Å². The van der Waals surface area contributed by atoms with E-state index in [-0.39, 0.29) is 10.9 Å². The molecule has 0 N–H and O–H groups in total. The van der Waals surface area contributed by atoms with Crippen molar-refractivity contribution in [3.8, 4) is 17.1 Å². The summed E-state index contributed by atoms with van der Waals surface area (Å²) in [6.45, 7) is 5.78. The van der Waals surface area contributed by atoms with Gasteiger partial charge in [-0.05, 0) is 43.2 Å². The van der Waals surface area contributed by atoms with Crippen LogP contribution in [-0.4, -0.2) is 60.9 Å². The number of sulfonamides is 1. The van der Waals surface area contributed by atoms with E-state index in [1.807, 2.05) is 24.3 Å². The summed E-state index contributed by atoms with van der Waals surface area (Å²) in [5.41, 5.74) is 1.86.